The van der Waals surface area contributed by atoms with Crippen LogP contribution in [0.4, 0.5) is 0 Å². The molecule has 0 radical (unpaired) electrons. The van der Waals surface area contributed by atoms with Gasteiger partial charge in [-0.05, 0) is 0 Å². The van der Waals surface area contributed by atoms with E-state index in [1.54, 1.807) is 20.5 Å². The van der Waals surface area contributed by atoms with Crippen molar-refractivity contribution >= 4 is 0 Å². The normalized spacial score (nSPS) is 10.8. The fourth-order valence-electron chi connectivity index (χ4n) is 1.17. The maximum Gasteiger partial charge on any atom is 0.146 e. The third-order valence-corrected chi connectivity index (χ3v) is 2.00. The third-order valence-electron chi connectivity index (χ3n) is 2.00. The van der Waals surface area contributed by atoms with E-state index in [-0.39, 0.29) is 0 Å². The number of ether oxygens (including phenoxy) is 2. The molecule has 0 saturated heterocycles. The SMILES string of the molecule is COCCNCc1nncn1CCOC. The Labute approximate surface area is 89.6 Å². The molecule has 0 spiro atoms. The maximum atomic E-state index is 5.00. The Morgan fingerprint density at radius 3 is 2.87 bits per heavy atom. The quantitative estimate of drug-likeness (QED) is 0.600. The van der Waals surface area contributed by atoms with Gasteiger partial charge < -0.3 is 19.4 Å². The second-order valence-corrected chi connectivity index (χ2v) is 3.10. The first-order valence-electron chi connectivity index (χ1n) is 4.93. The molecule has 0 amide bonds. The molecule has 86 valence electrons. The molecule has 0 aliphatic carbocycles. The van der Waals surface area contributed by atoms with Crippen LogP contribution in [-0.2, 0) is 22.6 Å². The van der Waals surface area contributed by atoms with Crippen molar-refractivity contribution in [3.05, 3.63) is 12.2 Å². The minimum absolute atomic E-state index is 0.670. The summed E-state index contributed by atoms with van der Waals surface area (Å²) in [5, 5.41) is 11.1. The van der Waals surface area contributed by atoms with Crippen LogP contribution in [0.5, 0.6) is 0 Å². The predicted molar refractivity (Wildman–Crippen MR) is 55.5 cm³/mol. The van der Waals surface area contributed by atoms with Gasteiger partial charge in [-0.3, -0.25) is 0 Å². The second kappa shape index (κ2) is 7.33. The average molecular weight is 214 g/mol. The van der Waals surface area contributed by atoms with Crippen molar-refractivity contribution in [2.75, 3.05) is 34.0 Å². The van der Waals surface area contributed by atoms with Crippen molar-refractivity contribution in [3.63, 3.8) is 0 Å². The van der Waals surface area contributed by atoms with Gasteiger partial charge in [0.15, 0.2) is 0 Å². The zero-order chi connectivity index (χ0) is 10.9. The lowest BCUT2D eigenvalue weighted by Crippen LogP contribution is -2.21. The molecule has 0 atom stereocenters. The van der Waals surface area contributed by atoms with Gasteiger partial charge in [0.25, 0.3) is 0 Å². The molecule has 0 aliphatic rings. The molecule has 0 unspecified atom stereocenters. The maximum absolute atomic E-state index is 5.00. The van der Waals surface area contributed by atoms with E-state index in [9.17, 15) is 0 Å². The van der Waals surface area contributed by atoms with E-state index in [1.807, 2.05) is 4.57 Å². The lowest BCUT2D eigenvalue weighted by Gasteiger charge is -2.06. The van der Waals surface area contributed by atoms with Crippen LogP contribution in [0.2, 0.25) is 0 Å². The molecule has 6 nitrogen and oxygen atoms in total. The molecule has 1 rings (SSSR count). The Morgan fingerprint density at radius 2 is 2.13 bits per heavy atom. The molecule has 0 saturated carbocycles. The van der Waals surface area contributed by atoms with Crippen molar-refractivity contribution in [1.29, 1.82) is 0 Å². The van der Waals surface area contributed by atoms with Gasteiger partial charge in [0, 0.05) is 27.3 Å². The van der Waals surface area contributed by atoms with Crippen molar-refractivity contribution in [2.24, 2.45) is 0 Å². The topological polar surface area (TPSA) is 61.2 Å². The summed E-state index contributed by atoms with van der Waals surface area (Å²) in [6, 6.07) is 0. The molecule has 0 bridgehead atoms. The molecular weight excluding hydrogens is 196 g/mol. The highest BCUT2D eigenvalue weighted by atomic mass is 16.5. The lowest BCUT2D eigenvalue weighted by molar-refractivity contribution is 0.185. The standard InChI is InChI=1S/C9H18N4O2/c1-14-5-3-10-7-9-12-11-8-13(9)4-6-15-2/h8,10H,3-7H2,1-2H3. The smallest absolute Gasteiger partial charge is 0.146 e. The van der Waals surface area contributed by atoms with Crippen molar-refractivity contribution < 1.29 is 9.47 Å². The zero-order valence-corrected chi connectivity index (χ0v) is 9.27. The lowest BCUT2D eigenvalue weighted by atomic mass is 10.5. The summed E-state index contributed by atoms with van der Waals surface area (Å²) in [5.41, 5.74) is 0. The first kappa shape index (κ1) is 12.1. The highest BCUT2D eigenvalue weighted by Crippen LogP contribution is 1.94. The first-order chi connectivity index (χ1) is 7.38. The molecule has 1 N–H and O–H groups in total. The van der Waals surface area contributed by atoms with Gasteiger partial charge in [-0.25, -0.2) is 0 Å². The third kappa shape index (κ3) is 4.37. The van der Waals surface area contributed by atoms with E-state index in [0.717, 1.165) is 18.9 Å². The van der Waals surface area contributed by atoms with Crippen molar-refractivity contribution in [3.8, 4) is 0 Å². The average Bonchev–Trinajstić information content (AvgIpc) is 2.69. The molecule has 1 aromatic rings. The molecule has 0 aliphatic heterocycles. The number of hydrogen-bond acceptors (Lipinski definition) is 5. The molecule has 6 heteroatoms. The Kier molecular flexibility index (Phi) is 5.91. The van der Waals surface area contributed by atoms with E-state index >= 15 is 0 Å². The number of methoxy groups -OCH3 is 2. The highest BCUT2D eigenvalue weighted by molar-refractivity contribution is 4.84. The molecule has 0 aromatic carbocycles. The van der Waals surface area contributed by atoms with Crippen molar-refractivity contribution in [2.45, 2.75) is 13.1 Å². The van der Waals surface area contributed by atoms with Crippen LogP contribution >= 0.6 is 0 Å². The number of aromatic nitrogens is 3. The van der Waals surface area contributed by atoms with Crippen LogP contribution in [0, 0.1) is 0 Å². The minimum atomic E-state index is 0.670. The number of nitrogens with one attached hydrogen (secondary N) is 1. The molecule has 1 heterocycles. The Bertz CT molecular complexity index is 264. The van der Waals surface area contributed by atoms with Gasteiger partial charge >= 0.3 is 0 Å². The summed E-state index contributed by atoms with van der Waals surface area (Å²) in [6.07, 6.45) is 1.71. The van der Waals surface area contributed by atoms with Crippen LogP contribution in [0.25, 0.3) is 0 Å². The number of hydrogen-bond donors (Lipinski definition) is 1. The number of rotatable bonds is 8. The predicted octanol–water partition coefficient (Wildman–Crippen LogP) is -0.339. The molecule has 1 aromatic heterocycles. The van der Waals surface area contributed by atoms with E-state index in [1.165, 1.54) is 0 Å². The molecule has 0 fully saturated rings. The van der Waals surface area contributed by atoms with Gasteiger partial charge in [-0.1, -0.05) is 0 Å². The van der Waals surface area contributed by atoms with E-state index in [4.69, 9.17) is 9.47 Å². The fourth-order valence-corrected chi connectivity index (χ4v) is 1.17. The Balaban J connectivity index is 2.29. The summed E-state index contributed by atoms with van der Waals surface area (Å²) < 4.78 is 11.9. The Morgan fingerprint density at radius 1 is 1.33 bits per heavy atom. The summed E-state index contributed by atoms with van der Waals surface area (Å²) in [4.78, 5) is 0. The van der Waals surface area contributed by atoms with E-state index in [2.05, 4.69) is 15.5 Å². The summed E-state index contributed by atoms with van der Waals surface area (Å²) in [5.74, 6) is 0.920. The van der Waals surface area contributed by atoms with Crippen molar-refractivity contribution in [1.82, 2.24) is 20.1 Å². The molecular formula is C9H18N4O2. The van der Waals surface area contributed by atoms with Gasteiger partial charge in [0.05, 0.1) is 19.8 Å². The fraction of sp³-hybridized carbons (Fsp3) is 0.778. The van der Waals surface area contributed by atoms with Gasteiger partial charge in [-0.15, -0.1) is 10.2 Å². The van der Waals surface area contributed by atoms with Crippen LogP contribution in [0.3, 0.4) is 0 Å². The summed E-state index contributed by atoms with van der Waals surface area (Å²) >= 11 is 0. The van der Waals surface area contributed by atoms with Crippen LogP contribution < -0.4 is 5.32 Å². The monoisotopic (exact) mass is 214 g/mol. The largest absolute Gasteiger partial charge is 0.383 e. The zero-order valence-electron chi connectivity index (χ0n) is 9.27. The van der Waals surface area contributed by atoms with Crippen LogP contribution in [0.1, 0.15) is 5.82 Å². The highest BCUT2D eigenvalue weighted by Gasteiger charge is 2.02. The second-order valence-electron chi connectivity index (χ2n) is 3.10. The van der Waals surface area contributed by atoms with Gasteiger partial charge in [0.1, 0.15) is 12.2 Å². The van der Waals surface area contributed by atoms with Gasteiger partial charge in [0.2, 0.25) is 0 Å². The molecule has 15 heavy (non-hydrogen) atoms. The minimum Gasteiger partial charge on any atom is -0.383 e. The van der Waals surface area contributed by atoms with Gasteiger partial charge in [-0.2, -0.15) is 0 Å². The van der Waals surface area contributed by atoms with Crippen LogP contribution in [0.15, 0.2) is 6.33 Å². The van der Waals surface area contributed by atoms with Crippen LogP contribution in [-0.4, -0.2) is 48.7 Å². The Hall–Kier alpha value is -0.980. The van der Waals surface area contributed by atoms with E-state index in [0.29, 0.717) is 19.8 Å². The summed E-state index contributed by atoms with van der Waals surface area (Å²) in [7, 11) is 3.36. The first-order valence-corrected chi connectivity index (χ1v) is 4.93. The number of nitrogens with zero attached hydrogens (tertiary/aromatic N) is 3. The van der Waals surface area contributed by atoms with E-state index < -0.39 is 0 Å². The summed E-state index contributed by atoms with van der Waals surface area (Å²) in [6.45, 7) is 3.67.